The van der Waals surface area contributed by atoms with E-state index >= 15 is 0 Å². The van der Waals surface area contributed by atoms with E-state index in [-0.39, 0.29) is 12.5 Å². The molecule has 0 bridgehead atoms. The summed E-state index contributed by atoms with van der Waals surface area (Å²) >= 11 is 0. The molecule has 1 rings (SSSR count). The van der Waals surface area contributed by atoms with Gasteiger partial charge in [-0.25, -0.2) is 0 Å². The van der Waals surface area contributed by atoms with Crippen LogP contribution in [0.1, 0.15) is 0 Å². The zero-order chi connectivity index (χ0) is 14.6. The molecule has 19 heavy (non-hydrogen) atoms. The van der Waals surface area contributed by atoms with Gasteiger partial charge in [-0.2, -0.15) is 17.0 Å². The second kappa shape index (κ2) is 6.14. The Labute approximate surface area is 114 Å². The molecule has 0 saturated carbocycles. The molecule has 0 N–H and O–H groups in total. The Morgan fingerprint density at radius 1 is 1.05 bits per heavy atom. The Bertz CT molecular complexity index is 528. The average molecular weight is 285 g/mol. The van der Waals surface area contributed by atoms with Crippen LogP contribution < -0.4 is 4.90 Å². The molecule has 1 aromatic carbocycles. The maximum atomic E-state index is 12.0. The summed E-state index contributed by atoms with van der Waals surface area (Å²) in [6.45, 7) is -0.202. The summed E-state index contributed by atoms with van der Waals surface area (Å²) in [4.78, 5) is 13.5. The Balaban J connectivity index is 2.76. The highest BCUT2D eigenvalue weighted by atomic mass is 32.2. The summed E-state index contributed by atoms with van der Waals surface area (Å²) in [6, 6.07) is 9.07. The van der Waals surface area contributed by atoms with Crippen LogP contribution in [-0.4, -0.2) is 57.7 Å². The molecule has 0 aromatic heterocycles. The number of carbonyl (C=O) groups is 1. The first kappa shape index (κ1) is 15.6. The second-order valence-electron chi connectivity index (χ2n) is 4.33. The molecule has 0 aliphatic carbocycles. The van der Waals surface area contributed by atoms with E-state index in [9.17, 15) is 13.2 Å². The van der Waals surface area contributed by atoms with Gasteiger partial charge in [-0.05, 0) is 12.1 Å². The van der Waals surface area contributed by atoms with Gasteiger partial charge in [0.05, 0.1) is 6.54 Å². The first-order valence-corrected chi connectivity index (χ1v) is 7.12. The number of rotatable bonds is 5. The third kappa shape index (κ3) is 3.76. The number of hydrogen-bond donors (Lipinski definition) is 0. The van der Waals surface area contributed by atoms with Crippen LogP contribution in [0.4, 0.5) is 5.69 Å². The van der Waals surface area contributed by atoms with Crippen molar-refractivity contribution in [3.05, 3.63) is 30.3 Å². The molecular formula is C12H19N3O3S. The van der Waals surface area contributed by atoms with E-state index in [1.165, 1.54) is 26.0 Å². The lowest BCUT2D eigenvalue weighted by Crippen LogP contribution is -2.43. The molecule has 1 amide bonds. The van der Waals surface area contributed by atoms with Crippen molar-refractivity contribution in [1.29, 1.82) is 0 Å². The monoisotopic (exact) mass is 285 g/mol. The van der Waals surface area contributed by atoms with Crippen LogP contribution in [0, 0.1) is 0 Å². The van der Waals surface area contributed by atoms with Crippen LogP contribution in [0.2, 0.25) is 0 Å². The van der Waals surface area contributed by atoms with Crippen LogP contribution in [0.15, 0.2) is 30.3 Å². The normalized spacial score (nSPS) is 11.9. The fourth-order valence-corrected chi connectivity index (χ4v) is 2.28. The van der Waals surface area contributed by atoms with Crippen molar-refractivity contribution in [3.8, 4) is 0 Å². The maximum absolute atomic E-state index is 12.0. The molecule has 0 spiro atoms. The second-order valence-corrected chi connectivity index (χ2v) is 6.58. The predicted molar refractivity (Wildman–Crippen MR) is 75.1 cm³/mol. The minimum atomic E-state index is -3.57. The van der Waals surface area contributed by atoms with Crippen molar-refractivity contribution in [2.45, 2.75) is 0 Å². The Kier molecular flexibility index (Phi) is 5.04. The van der Waals surface area contributed by atoms with Gasteiger partial charge in [-0.15, -0.1) is 0 Å². The highest BCUT2D eigenvalue weighted by molar-refractivity contribution is 7.86. The zero-order valence-electron chi connectivity index (χ0n) is 11.6. The summed E-state index contributed by atoms with van der Waals surface area (Å²) < 4.78 is 25.7. The lowest BCUT2D eigenvalue weighted by atomic mass is 10.3. The molecular weight excluding hydrogens is 266 g/mol. The smallest absolute Gasteiger partial charge is 0.281 e. The van der Waals surface area contributed by atoms with Crippen LogP contribution in [-0.2, 0) is 15.0 Å². The van der Waals surface area contributed by atoms with E-state index in [1.807, 2.05) is 18.2 Å². The van der Waals surface area contributed by atoms with E-state index in [4.69, 9.17) is 0 Å². The lowest BCUT2D eigenvalue weighted by molar-refractivity contribution is -0.118. The minimum Gasteiger partial charge on any atom is -0.314 e. The van der Waals surface area contributed by atoms with E-state index in [0.717, 1.165) is 14.3 Å². The fourth-order valence-electron chi connectivity index (χ4n) is 1.45. The standard InChI is InChI=1S/C12H19N3O3S/c1-13(2)19(17,18)14(3)10-12(16)15(4)11-8-6-5-7-9-11/h5-9H,10H2,1-4H3. The predicted octanol–water partition coefficient (Wildman–Crippen LogP) is 0.388. The molecule has 0 aliphatic rings. The Hall–Kier alpha value is -1.44. The highest BCUT2D eigenvalue weighted by Gasteiger charge is 2.24. The Morgan fingerprint density at radius 2 is 1.58 bits per heavy atom. The van der Waals surface area contributed by atoms with E-state index in [1.54, 1.807) is 19.2 Å². The van der Waals surface area contributed by atoms with Crippen molar-refractivity contribution in [2.24, 2.45) is 0 Å². The summed E-state index contributed by atoms with van der Waals surface area (Å²) in [7, 11) is 2.29. The summed E-state index contributed by atoms with van der Waals surface area (Å²) in [5.41, 5.74) is 0.725. The first-order valence-electron chi connectivity index (χ1n) is 5.72. The fraction of sp³-hybridized carbons (Fsp3) is 0.417. The molecule has 1 aromatic rings. The third-order valence-electron chi connectivity index (χ3n) is 2.73. The number of likely N-dealkylation sites (N-methyl/N-ethyl adjacent to an activating group) is 2. The van der Waals surface area contributed by atoms with Crippen molar-refractivity contribution >= 4 is 21.8 Å². The van der Waals surface area contributed by atoms with Gasteiger partial charge < -0.3 is 4.90 Å². The third-order valence-corrected chi connectivity index (χ3v) is 4.57. The van der Waals surface area contributed by atoms with Crippen molar-refractivity contribution in [3.63, 3.8) is 0 Å². The van der Waals surface area contributed by atoms with Gasteiger partial charge in [0, 0.05) is 33.9 Å². The van der Waals surface area contributed by atoms with Crippen molar-refractivity contribution in [1.82, 2.24) is 8.61 Å². The Morgan fingerprint density at radius 3 is 2.05 bits per heavy atom. The highest BCUT2D eigenvalue weighted by Crippen LogP contribution is 2.12. The molecule has 106 valence electrons. The van der Waals surface area contributed by atoms with Gasteiger partial charge in [-0.3, -0.25) is 4.79 Å². The SMILES string of the molecule is CN(C(=O)CN(C)S(=O)(=O)N(C)C)c1ccccc1. The lowest BCUT2D eigenvalue weighted by Gasteiger charge is -2.24. The summed E-state index contributed by atoms with van der Waals surface area (Å²) in [5.74, 6) is -0.292. The number of anilines is 1. The summed E-state index contributed by atoms with van der Waals surface area (Å²) in [6.07, 6.45) is 0. The topological polar surface area (TPSA) is 60.9 Å². The molecule has 0 atom stereocenters. The van der Waals surface area contributed by atoms with Gasteiger partial charge in [0.1, 0.15) is 0 Å². The molecule has 0 aliphatic heterocycles. The molecule has 0 saturated heterocycles. The number of benzene rings is 1. The number of amides is 1. The van der Waals surface area contributed by atoms with Gasteiger partial charge in [0.15, 0.2) is 0 Å². The molecule has 0 radical (unpaired) electrons. The number of nitrogens with zero attached hydrogens (tertiary/aromatic N) is 3. The first-order chi connectivity index (χ1) is 8.76. The van der Waals surface area contributed by atoms with Crippen LogP contribution >= 0.6 is 0 Å². The van der Waals surface area contributed by atoms with E-state index in [2.05, 4.69) is 0 Å². The maximum Gasteiger partial charge on any atom is 0.281 e. The number of carbonyl (C=O) groups excluding carboxylic acids is 1. The van der Waals surface area contributed by atoms with Crippen molar-refractivity contribution in [2.75, 3.05) is 39.6 Å². The van der Waals surface area contributed by atoms with Crippen molar-refractivity contribution < 1.29 is 13.2 Å². The number of hydrogen-bond acceptors (Lipinski definition) is 3. The number of para-hydroxylation sites is 1. The molecule has 0 fully saturated rings. The van der Waals surface area contributed by atoms with Crippen LogP contribution in [0.5, 0.6) is 0 Å². The van der Waals surface area contributed by atoms with Gasteiger partial charge in [-0.1, -0.05) is 18.2 Å². The molecule has 0 unspecified atom stereocenters. The van der Waals surface area contributed by atoms with E-state index < -0.39 is 10.2 Å². The zero-order valence-corrected chi connectivity index (χ0v) is 12.4. The average Bonchev–Trinajstić information content (AvgIpc) is 2.38. The van der Waals surface area contributed by atoms with Gasteiger partial charge in [0.2, 0.25) is 5.91 Å². The van der Waals surface area contributed by atoms with Gasteiger partial charge >= 0.3 is 0 Å². The van der Waals surface area contributed by atoms with Crippen LogP contribution in [0.3, 0.4) is 0 Å². The largest absolute Gasteiger partial charge is 0.314 e. The van der Waals surface area contributed by atoms with E-state index in [0.29, 0.717) is 0 Å². The minimum absolute atomic E-state index is 0.202. The van der Waals surface area contributed by atoms with Gasteiger partial charge in [0.25, 0.3) is 10.2 Å². The quantitative estimate of drug-likeness (QED) is 0.786. The molecule has 0 heterocycles. The summed E-state index contributed by atoms with van der Waals surface area (Å²) in [5, 5.41) is 0. The molecule has 6 nitrogen and oxygen atoms in total. The van der Waals surface area contributed by atoms with Crippen LogP contribution in [0.25, 0.3) is 0 Å². The molecule has 7 heteroatoms.